The Morgan fingerprint density at radius 1 is 0.939 bits per heavy atom. The number of fused-ring (bicyclic) bond motifs is 2. The van der Waals surface area contributed by atoms with Gasteiger partial charge in [0.2, 0.25) is 0 Å². The van der Waals surface area contributed by atoms with Crippen LogP contribution in [0.25, 0.3) is 21.8 Å². The average molecular weight is 482 g/mol. The highest BCUT2D eigenvalue weighted by molar-refractivity contribution is 6.18. The van der Waals surface area contributed by atoms with Crippen LogP contribution in [0.3, 0.4) is 0 Å². The fourth-order valence-corrected chi connectivity index (χ4v) is 4.52. The molecule has 2 N–H and O–H groups in total. The van der Waals surface area contributed by atoms with Gasteiger partial charge < -0.3 is 10.4 Å². The van der Waals surface area contributed by atoms with E-state index in [0.717, 1.165) is 52.9 Å². The molecular formula is C26H25Cl2N3O2. The topological polar surface area (TPSA) is 65.5 Å². The van der Waals surface area contributed by atoms with Gasteiger partial charge in [0.15, 0.2) is 0 Å². The number of carbonyl (C=O) groups is 1. The number of anilines is 2. The Bertz CT molecular complexity index is 1290. The Kier molecular flexibility index (Phi) is 7.33. The van der Waals surface area contributed by atoms with E-state index in [1.807, 2.05) is 43.3 Å². The third kappa shape index (κ3) is 5.06. The van der Waals surface area contributed by atoms with Crippen molar-refractivity contribution in [3.8, 4) is 0 Å². The molecule has 0 aliphatic rings. The number of hydrogen-bond donors (Lipinski definition) is 2. The summed E-state index contributed by atoms with van der Waals surface area (Å²) in [6.07, 6.45) is 0. The number of benzene rings is 3. The van der Waals surface area contributed by atoms with E-state index in [1.165, 1.54) is 5.56 Å². The number of aromatic carboxylic acids is 1. The van der Waals surface area contributed by atoms with Crippen molar-refractivity contribution < 1.29 is 9.90 Å². The highest BCUT2D eigenvalue weighted by Gasteiger charge is 2.16. The lowest BCUT2D eigenvalue weighted by Crippen LogP contribution is -2.27. The van der Waals surface area contributed by atoms with Gasteiger partial charge in [-0.15, -0.1) is 23.2 Å². The van der Waals surface area contributed by atoms with Gasteiger partial charge in [-0.3, -0.25) is 4.90 Å². The fourth-order valence-electron chi connectivity index (χ4n) is 4.04. The third-order valence-electron chi connectivity index (χ3n) is 5.70. The number of nitrogens with one attached hydrogen (secondary N) is 1. The van der Waals surface area contributed by atoms with Crippen molar-refractivity contribution >= 4 is 62.4 Å². The molecule has 0 aliphatic heterocycles. The van der Waals surface area contributed by atoms with Gasteiger partial charge in [0.1, 0.15) is 0 Å². The summed E-state index contributed by atoms with van der Waals surface area (Å²) >= 11 is 11.8. The van der Waals surface area contributed by atoms with E-state index >= 15 is 0 Å². The van der Waals surface area contributed by atoms with E-state index in [-0.39, 0.29) is 5.56 Å². The number of pyridine rings is 1. The lowest BCUT2D eigenvalue weighted by molar-refractivity contribution is 0.0699. The van der Waals surface area contributed by atoms with E-state index in [2.05, 4.69) is 22.3 Å². The van der Waals surface area contributed by atoms with Crippen molar-refractivity contribution in [2.45, 2.75) is 13.5 Å². The highest BCUT2D eigenvalue weighted by Crippen LogP contribution is 2.35. The predicted octanol–water partition coefficient (Wildman–Crippen LogP) is 6.42. The van der Waals surface area contributed by atoms with Crippen LogP contribution in [0, 0.1) is 6.92 Å². The van der Waals surface area contributed by atoms with Gasteiger partial charge in [-0.25, -0.2) is 9.78 Å². The summed E-state index contributed by atoms with van der Waals surface area (Å²) in [5, 5.41) is 14.9. The van der Waals surface area contributed by atoms with E-state index in [1.54, 1.807) is 12.1 Å². The number of carboxylic acids is 1. The zero-order valence-corrected chi connectivity index (χ0v) is 19.8. The van der Waals surface area contributed by atoms with Gasteiger partial charge in [-0.1, -0.05) is 42.5 Å². The minimum atomic E-state index is -0.991. The first-order valence-corrected chi connectivity index (χ1v) is 11.8. The Morgan fingerprint density at radius 2 is 1.58 bits per heavy atom. The quantitative estimate of drug-likeness (QED) is 0.213. The maximum Gasteiger partial charge on any atom is 0.337 e. The first-order chi connectivity index (χ1) is 16.0. The zero-order valence-electron chi connectivity index (χ0n) is 18.3. The van der Waals surface area contributed by atoms with Crippen molar-refractivity contribution in [2.24, 2.45) is 0 Å². The lowest BCUT2D eigenvalue weighted by atomic mass is 10.0. The van der Waals surface area contributed by atoms with Crippen molar-refractivity contribution in [1.29, 1.82) is 0 Å². The van der Waals surface area contributed by atoms with E-state index < -0.39 is 5.97 Å². The van der Waals surface area contributed by atoms with Crippen LogP contribution in [-0.2, 0) is 6.54 Å². The standard InChI is InChI=1S/C26H25Cl2N3O2/c1-17-4-2-5-20-23(17)30-25-21(6-3-7-22(25)26(32)33)24(20)29-19-10-8-18(9-11-19)16-31(14-12-27)15-13-28/h2-11H,12-16H2,1H3,(H,29,30)(H,32,33). The fraction of sp³-hybridized carbons (Fsp3) is 0.231. The molecule has 7 heteroatoms. The second kappa shape index (κ2) is 10.4. The second-order valence-corrected chi connectivity index (χ2v) is 8.70. The number of aromatic nitrogens is 1. The molecule has 0 radical (unpaired) electrons. The van der Waals surface area contributed by atoms with Crippen LogP contribution >= 0.6 is 23.2 Å². The molecule has 5 nitrogen and oxygen atoms in total. The van der Waals surface area contributed by atoms with Gasteiger partial charge in [-0.2, -0.15) is 0 Å². The van der Waals surface area contributed by atoms with Gasteiger partial charge in [0, 0.05) is 47.9 Å². The van der Waals surface area contributed by atoms with Crippen molar-refractivity contribution in [3.63, 3.8) is 0 Å². The molecule has 0 aliphatic carbocycles. The summed E-state index contributed by atoms with van der Waals surface area (Å²) in [5.41, 5.74) is 5.38. The number of hydrogen-bond acceptors (Lipinski definition) is 4. The number of aryl methyl sites for hydroxylation is 1. The Hall–Kier alpha value is -2.86. The molecular weight excluding hydrogens is 457 g/mol. The monoisotopic (exact) mass is 481 g/mol. The molecule has 0 unspecified atom stereocenters. The SMILES string of the molecule is Cc1cccc2c(Nc3ccc(CN(CCCl)CCCl)cc3)c3cccc(C(=O)O)c3nc12. The molecule has 0 amide bonds. The van der Waals surface area contributed by atoms with Gasteiger partial charge in [-0.05, 0) is 36.2 Å². The molecule has 0 atom stereocenters. The molecule has 0 spiro atoms. The second-order valence-electron chi connectivity index (χ2n) is 7.94. The summed E-state index contributed by atoms with van der Waals surface area (Å²) in [7, 11) is 0. The van der Waals surface area contributed by atoms with Crippen molar-refractivity contribution in [3.05, 3.63) is 77.4 Å². The summed E-state index contributed by atoms with van der Waals surface area (Å²) in [6, 6.07) is 19.5. The van der Waals surface area contributed by atoms with Crippen LogP contribution in [0.2, 0.25) is 0 Å². The largest absolute Gasteiger partial charge is 0.478 e. The maximum atomic E-state index is 11.8. The normalized spacial score (nSPS) is 11.4. The molecule has 0 bridgehead atoms. The summed E-state index contributed by atoms with van der Waals surface area (Å²) in [5.74, 6) is 0.141. The predicted molar refractivity (Wildman–Crippen MR) is 137 cm³/mol. The summed E-state index contributed by atoms with van der Waals surface area (Å²) < 4.78 is 0. The van der Waals surface area contributed by atoms with Crippen LogP contribution in [0.15, 0.2) is 60.7 Å². The first-order valence-electron chi connectivity index (χ1n) is 10.8. The van der Waals surface area contributed by atoms with Gasteiger partial charge >= 0.3 is 5.97 Å². The van der Waals surface area contributed by atoms with Crippen molar-refractivity contribution in [2.75, 3.05) is 30.2 Å². The molecule has 4 aromatic rings. The maximum absolute atomic E-state index is 11.8. The lowest BCUT2D eigenvalue weighted by Gasteiger charge is -2.20. The molecule has 1 aromatic heterocycles. The molecule has 4 rings (SSSR count). The molecule has 170 valence electrons. The Balaban J connectivity index is 1.74. The average Bonchev–Trinajstić information content (AvgIpc) is 2.80. The van der Waals surface area contributed by atoms with Crippen LogP contribution in [0.1, 0.15) is 21.5 Å². The number of para-hydroxylation sites is 2. The number of carboxylic acid groups (broad SMARTS) is 1. The van der Waals surface area contributed by atoms with Gasteiger partial charge in [0.05, 0.1) is 22.3 Å². The molecule has 1 heterocycles. The molecule has 0 saturated carbocycles. The number of alkyl halides is 2. The molecule has 0 saturated heterocycles. The minimum Gasteiger partial charge on any atom is -0.478 e. The van der Waals surface area contributed by atoms with Crippen LogP contribution in [0.5, 0.6) is 0 Å². The third-order valence-corrected chi connectivity index (χ3v) is 6.04. The smallest absolute Gasteiger partial charge is 0.337 e. The first kappa shape index (κ1) is 23.3. The number of rotatable bonds is 9. The molecule has 33 heavy (non-hydrogen) atoms. The number of halogens is 2. The van der Waals surface area contributed by atoms with E-state index in [9.17, 15) is 9.90 Å². The van der Waals surface area contributed by atoms with Crippen LogP contribution in [0.4, 0.5) is 11.4 Å². The Labute approximate surface area is 202 Å². The van der Waals surface area contributed by atoms with Gasteiger partial charge in [0.25, 0.3) is 0 Å². The van der Waals surface area contributed by atoms with Crippen LogP contribution in [-0.4, -0.2) is 45.8 Å². The number of nitrogens with zero attached hydrogens (tertiary/aromatic N) is 2. The highest BCUT2D eigenvalue weighted by atomic mass is 35.5. The summed E-state index contributed by atoms with van der Waals surface area (Å²) in [6.45, 7) is 4.33. The van der Waals surface area contributed by atoms with E-state index in [4.69, 9.17) is 28.2 Å². The zero-order chi connectivity index (χ0) is 23.4. The van der Waals surface area contributed by atoms with E-state index in [0.29, 0.717) is 17.3 Å². The van der Waals surface area contributed by atoms with Crippen molar-refractivity contribution in [1.82, 2.24) is 9.88 Å². The molecule has 0 fully saturated rings. The Morgan fingerprint density at radius 3 is 2.21 bits per heavy atom. The summed E-state index contributed by atoms with van der Waals surface area (Å²) in [4.78, 5) is 18.8. The minimum absolute atomic E-state index is 0.190. The molecule has 3 aromatic carbocycles. The van der Waals surface area contributed by atoms with Crippen LogP contribution < -0.4 is 5.32 Å².